The zero-order valence-electron chi connectivity index (χ0n) is 11.0. The molecule has 0 saturated carbocycles. The van der Waals surface area contributed by atoms with Crippen LogP contribution in [-0.2, 0) is 10.0 Å². The molecule has 1 aromatic carbocycles. The van der Waals surface area contributed by atoms with Crippen molar-refractivity contribution in [3.8, 4) is 0 Å². The lowest BCUT2D eigenvalue weighted by molar-refractivity contribution is 0.594. The molecule has 20 heavy (non-hydrogen) atoms. The van der Waals surface area contributed by atoms with Gasteiger partial charge >= 0.3 is 0 Å². The Kier molecular flexibility index (Phi) is 4.29. The Morgan fingerprint density at radius 3 is 2.45 bits per heavy atom. The van der Waals surface area contributed by atoms with Crippen LogP contribution in [0.3, 0.4) is 0 Å². The third kappa shape index (κ3) is 2.64. The monoisotopic (exact) mass is 355 g/mol. The Bertz CT molecular complexity index is 705. The minimum atomic E-state index is -3.68. The third-order valence-corrected chi connectivity index (χ3v) is 5.27. The summed E-state index contributed by atoms with van der Waals surface area (Å²) in [6.45, 7) is 0. The number of benzene rings is 1. The van der Waals surface area contributed by atoms with Crippen molar-refractivity contribution in [2.24, 2.45) is 0 Å². The Morgan fingerprint density at radius 1 is 1.20 bits per heavy atom. The molecule has 0 saturated heterocycles. The first kappa shape index (κ1) is 14.8. The average molecular weight is 356 g/mol. The van der Waals surface area contributed by atoms with Crippen molar-refractivity contribution in [2.75, 3.05) is 23.7 Å². The minimum Gasteiger partial charge on any atom is -0.386 e. The number of aromatic nitrogens is 1. The number of halogens is 1. The van der Waals surface area contributed by atoms with Gasteiger partial charge in [-0.1, -0.05) is 18.2 Å². The van der Waals surface area contributed by atoms with E-state index in [-0.39, 0.29) is 4.90 Å². The number of anilines is 2. The number of hydrogen-bond donors (Lipinski definition) is 1. The van der Waals surface area contributed by atoms with Crippen molar-refractivity contribution in [3.05, 3.63) is 47.2 Å². The molecular weight excluding hydrogens is 342 g/mol. The largest absolute Gasteiger partial charge is 0.386 e. The number of para-hydroxylation sites is 1. The summed E-state index contributed by atoms with van der Waals surface area (Å²) in [6.07, 6.45) is 2.89. The van der Waals surface area contributed by atoms with Crippen molar-refractivity contribution >= 4 is 37.3 Å². The van der Waals surface area contributed by atoms with E-state index >= 15 is 0 Å². The van der Waals surface area contributed by atoms with Gasteiger partial charge in [0.25, 0.3) is 10.0 Å². The van der Waals surface area contributed by atoms with Gasteiger partial charge in [0.05, 0.1) is 15.8 Å². The van der Waals surface area contributed by atoms with Crippen LogP contribution in [0.1, 0.15) is 0 Å². The normalized spacial score (nSPS) is 11.2. The number of sulfonamides is 1. The van der Waals surface area contributed by atoms with E-state index in [4.69, 9.17) is 0 Å². The molecule has 0 aliphatic heterocycles. The summed E-state index contributed by atoms with van der Waals surface area (Å²) in [5.41, 5.74) is 1.08. The molecule has 0 aliphatic carbocycles. The van der Waals surface area contributed by atoms with Crippen LogP contribution >= 0.6 is 15.9 Å². The first-order chi connectivity index (χ1) is 9.48. The third-order valence-electron chi connectivity index (χ3n) is 2.87. The maximum atomic E-state index is 12.7. The maximum Gasteiger partial charge on any atom is 0.267 e. The van der Waals surface area contributed by atoms with Crippen molar-refractivity contribution < 1.29 is 8.42 Å². The van der Waals surface area contributed by atoms with Gasteiger partial charge in [-0.15, -0.1) is 0 Å². The first-order valence-electron chi connectivity index (χ1n) is 5.83. The van der Waals surface area contributed by atoms with Gasteiger partial charge in [-0.25, -0.2) is 8.42 Å². The topological polar surface area (TPSA) is 62.3 Å². The lowest BCUT2D eigenvalue weighted by Gasteiger charge is -2.21. The second kappa shape index (κ2) is 5.80. The fourth-order valence-electron chi connectivity index (χ4n) is 1.78. The minimum absolute atomic E-state index is 0.126. The molecule has 1 heterocycles. The van der Waals surface area contributed by atoms with Crippen LogP contribution < -0.4 is 9.62 Å². The van der Waals surface area contributed by atoms with Gasteiger partial charge in [-0.05, 0) is 28.1 Å². The average Bonchev–Trinajstić information content (AvgIpc) is 2.47. The van der Waals surface area contributed by atoms with Gasteiger partial charge < -0.3 is 5.32 Å². The summed E-state index contributed by atoms with van der Waals surface area (Å²) in [5, 5.41) is 2.88. The summed E-state index contributed by atoms with van der Waals surface area (Å²) in [5.74, 6) is 0. The highest BCUT2D eigenvalue weighted by Crippen LogP contribution is 2.31. The quantitative estimate of drug-likeness (QED) is 0.915. The van der Waals surface area contributed by atoms with Gasteiger partial charge in [0, 0.05) is 26.5 Å². The highest BCUT2D eigenvalue weighted by atomic mass is 79.9. The van der Waals surface area contributed by atoms with Crippen LogP contribution in [0.25, 0.3) is 0 Å². The lowest BCUT2D eigenvalue weighted by Crippen LogP contribution is -2.27. The summed E-state index contributed by atoms with van der Waals surface area (Å²) in [4.78, 5) is 4.07. The molecule has 0 bridgehead atoms. The SMILES string of the molecule is CNc1c(Br)cncc1S(=O)(=O)N(C)c1ccccc1. The molecule has 0 amide bonds. The molecule has 2 rings (SSSR count). The van der Waals surface area contributed by atoms with Crippen LogP contribution in [0.5, 0.6) is 0 Å². The predicted molar refractivity (Wildman–Crippen MR) is 83.5 cm³/mol. The Hall–Kier alpha value is -1.60. The molecule has 1 N–H and O–H groups in total. The molecular formula is C13H14BrN3O2S. The van der Waals surface area contributed by atoms with Crippen molar-refractivity contribution in [1.29, 1.82) is 0 Å². The van der Waals surface area contributed by atoms with E-state index < -0.39 is 10.0 Å². The standard InChI is InChI=1S/C13H14BrN3O2S/c1-15-13-11(14)8-16-9-12(13)20(18,19)17(2)10-6-4-3-5-7-10/h3-9H,1-2H3,(H,15,16). The zero-order chi connectivity index (χ0) is 14.8. The van der Waals surface area contributed by atoms with E-state index in [2.05, 4.69) is 26.2 Å². The van der Waals surface area contributed by atoms with E-state index in [0.717, 1.165) is 0 Å². The molecule has 0 spiro atoms. The van der Waals surface area contributed by atoms with Gasteiger partial charge in [0.15, 0.2) is 0 Å². The van der Waals surface area contributed by atoms with E-state index in [1.165, 1.54) is 17.5 Å². The van der Waals surface area contributed by atoms with E-state index in [9.17, 15) is 8.42 Å². The zero-order valence-corrected chi connectivity index (χ0v) is 13.4. The van der Waals surface area contributed by atoms with Crippen LogP contribution in [0, 0.1) is 0 Å². The van der Waals surface area contributed by atoms with E-state index in [0.29, 0.717) is 15.8 Å². The molecule has 1 aromatic heterocycles. The highest BCUT2D eigenvalue weighted by molar-refractivity contribution is 9.10. The van der Waals surface area contributed by atoms with Crippen molar-refractivity contribution in [2.45, 2.75) is 4.90 Å². The highest BCUT2D eigenvalue weighted by Gasteiger charge is 2.25. The molecule has 0 aliphatic rings. The van der Waals surface area contributed by atoms with Gasteiger partial charge in [0.1, 0.15) is 4.90 Å². The number of pyridine rings is 1. The Balaban J connectivity index is 2.54. The van der Waals surface area contributed by atoms with Crippen LogP contribution in [0.15, 0.2) is 52.1 Å². The second-order valence-electron chi connectivity index (χ2n) is 4.05. The lowest BCUT2D eigenvalue weighted by atomic mass is 10.3. The van der Waals surface area contributed by atoms with Crippen LogP contribution in [0.2, 0.25) is 0 Å². The fraction of sp³-hybridized carbons (Fsp3) is 0.154. The van der Waals surface area contributed by atoms with Crippen molar-refractivity contribution in [1.82, 2.24) is 4.98 Å². The molecule has 106 valence electrons. The van der Waals surface area contributed by atoms with Crippen LogP contribution in [0.4, 0.5) is 11.4 Å². The number of hydrogen-bond acceptors (Lipinski definition) is 4. The van der Waals surface area contributed by atoms with E-state index in [1.54, 1.807) is 37.5 Å². The molecule has 0 atom stereocenters. The summed E-state index contributed by atoms with van der Waals surface area (Å²) < 4.78 is 27.2. The molecule has 2 aromatic rings. The molecule has 0 radical (unpaired) electrons. The molecule has 0 fully saturated rings. The van der Waals surface area contributed by atoms with Gasteiger partial charge in [0.2, 0.25) is 0 Å². The smallest absolute Gasteiger partial charge is 0.267 e. The number of nitrogens with zero attached hydrogens (tertiary/aromatic N) is 2. The molecule has 0 unspecified atom stereocenters. The summed E-state index contributed by atoms with van der Waals surface area (Å²) >= 11 is 3.30. The summed E-state index contributed by atoms with van der Waals surface area (Å²) in [6, 6.07) is 8.90. The second-order valence-corrected chi connectivity index (χ2v) is 6.84. The van der Waals surface area contributed by atoms with E-state index in [1.807, 2.05) is 6.07 Å². The maximum absolute atomic E-state index is 12.7. The number of nitrogens with one attached hydrogen (secondary N) is 1. The summed E-state index contributed by atoms with van der Waals surface area (Å²) in [7, 11) is -0.492. The fourth-order valence-corrected chi connectivity index (χ4v) is 3.80. The Morgan fingerprint density at radius 2 is 1.85 bits per heavy atom. The molecule has 5 nitrogen and oxygen atoms in total. The predicted octanol–water partition coefficient (Wildman–Crippen LogP) is 2.71. The van der Waals surface area contributed by atoms with Gasteiger partial charge in [-0.2, -0.15) is 0 Å². The molecule has 7 heteroatoms. The number of rotatable bonds is 4. The van der Waals surface area contributed by atoms with Crippen LogP contribution in [-0.4, -0.2) is 27.5 Å². The van der Waals surface area contributed by atoms with Gasteiger partial charge in [-0.3, -0.25) is 9.29 Å². The Labute approximate surface area is 126 Å². The first-order valence-corrected chi connectivity index (χ1v) is 8.07. The van der Waals surface area contributed by atoms with Crippen molar-refractivity contribution in [3.63, 3.8) is 0 Å².